The van der Waals surface area contributed by atoms with E-state index >= 15 is 0 Å². The smallest absolute Gasteiger partial charge is 0.369 e. The maximum absolute atomic E-state index is 12.4. The summed E-state index contributed by atoms with van der Waals surface area (Å²) in [7, 11) is 0. The summed E-state index contributed by atoms with van der Waals surface area (Å²) in [4.78, 5) is 16.9. The Morgan fingerprint density at radius 1 is 1.20 bits per heavy atom. The fourth-order valence-electron chi connectivity index (χ4n) is 2.61. The summed E-state index contributed by atoms with van der Waals surface area (Å²) in [5.41, 5.74) is 3.53. The first-order valence-corrected chi connectivity index (χ1v) is 8.58. The van der Waals surface area contributed by atoms with Crippen LogP contribution in [0.1, 0.15) is 16.8 Å². The minimum Gasteiger partial charge on any atom is -0.444 e. The van der Waals surface area contributed by atoms with Crippen molar-refractivity contribution >= 4 is 11.3 Å². The molecule has 0 spiro atoms. The molecule has 3 aromatic heterocycles. The Morgan fingerprint density at radius 2 is 2.08 bits per heavy atom. The number of rotatable bonds is 4. The van der Waals surface area contributed by atoms with Crippen molar-refractivity contribution in [3.8, 4) is 16.5 Å². The van der Waals surface area contributed by atoms with Crippen LogP contribution in [0.5, 0.6) is 0 Å². The summed E-state index contributed by atoms with van der Waals surface area (Å²) in [5, 5.41) is 10.4. The molecule has 0 aliphatic heterocycles. The summed E-state index contributed by atoms with van der Waals surface area (Å²) in [5.74, 6) is 0.534. The van der Waals surface area contributed by atoms with Crippen molar-refractivity contribution in [2.45, 2.75) is 20.4 Å². The van der Waals surface area contributed by atoms with E-state index in [1.165, 1.54) is 26.3 Å². The summed E-state index contributed by atoms with van der Waals surface area (Å²) in [6.45, 7) is 4.27. The Morgan fingerprint density at radius 3 is 2.84 bits per heavy atom. The molecule has 4 rings (SSSR count). The van der Waals surface area contributed by atoms with Crippen LogP contribution in [0.4, 0.5) is 0 Å². The molecule has 0 aliphatic rings. The molecule has 3 heterocycles. The molecule has 0 unspecified atom stereocenters. The van der Waals surface area contributed by atoms with E-state index in [4.69, 9.17) is 4.42 Å². The van der Waals surface area contributed by atoms with E-state index in [2.05, 4.69) is 21.5 Å². The number of oxazole rings is 1. The predicted octanol–water partition coefficient (Wildman–Crippen LogP) is 2.81. The number of aryl methyl sites for hydroxylation is 2. The first kappa shape index (κ1) is 15.5. The Bertz CT molecular complexity index is 1070. The number of tetrazole rings is 1. The second-order valence-electron chi connectivity index (χ2n) is 5.74. The Kier molecular flexibility index (Phi) is 3.81. The van der Waals surface area contributed by atoms with Gasteiger partial charge in [-0.05, 0) is 53.4 Å². The van der Waals surface area contributed by atoms with E-state index in [0.29, 0.717) is 11.6 Å². The second kappa shape index (κ2) is 6.14. The topological polar surface area (TPSA) is 78.7 Å². The SMILES string of the molecule is Cc1ccc(-c2nc(Cn3nnn(-c4cccs4)c3=O)co2)c(C)c1. The molecule has 8 heteroatoms. The zero-order valence-electron chi connectivity index (χ0n) is 13.7. The van der Waals surface area contributed by atoms with Crippen molar-refractivity contribution in [1.82, 2.24) is 24.8 Å². The first-order valence-electron chi connectivity index (χ1n) is 7.70. The van der Waals surface area contributed by atoms with Crippen LogP contribution in [0.3, 0.4) is 0 Å². The number of hydrogen-bond donors (Lipinski definition) is 0. The van der Waals surface area contributed by atoms with Crippen LogP contribution in [-0.4, -0.2) is 24.8 Å². The average Bonchev–Trinajstić information content (AvgIpc) is 3.30. The van der Waals surface area contributed by atoms with E-state index in [1.807, 2.05) is 43.5 Å². The lowest BCUT2D eigenvalue weighted by Gasteiger charge is -2.02. The fraction of sp³-hybridized carbons (Fsp3) is 0.176. The van der Waals surface area contributed by atoms with Gasteiger partial charge < -0.3 is 4.42 Å². The van der Waals surface area contributed by atoms with Crippen LogP contribution in [0.2, 0.25) is 0 Å². The lowest BCUT2D eigenvalue weighted by molar-refractivity contribution is 0.566. The number of hydrogen-bond acceptors (Lipinski definition) is 6. The van der Waals surface area contributed by atoms with Crippen molar-refractivity contribution in [3.05, 3.63) is 69.3 Å². The van der Waals surface area contributed by atoms with Gasteiger partial charge in [-0.25, -0.2) is 9.78 Å². The van der Waals surface area contributed by atoms with Crippen molar-refractivity contribution in [1.29, 1.82) is 0 Å². The van der Waals surface area contributed by atoms with Crippen LogP contribution in [0, 0.1) is 13.8 Å². The van der Waals surface area contributed by atoms with Crippen molar-refractivity contribution < 1.29 is 4.42 Å². The summed E-state index contributed by atoms with van der Waals surface area (Å²) in [6.07, 6.45) is 1.55. The molecule has 25 heavy (non-hydrogen) atoms. The van der Waals surface area contributed by atoms with Gasteiger partial charge in [-0.2, -0.15) is 9.36 Å². The van der Waals surface area contributed by atoms with E-state index < -0.39 is 0 Å². The number of benzene rings is 1. The highest BCUT2D eigenvalue weighted by atomic mass is 32.1. The van der Waals surface area contributed by atoms with Gasteiger partial charge in [0.2, 0.25) is 5.89 Å². The van der Waals surface area contributed by atoms with Crippen LogP contribution in [0.15, 0.2) is 51.2 Å². The van der Waals surface area contributed by atoms with Crippen LogP contribution < -0.4 is 5.69 Å². The minimum absolute atomic E-state index is 0.207. The van der Waals surface area contributed by atoms with Gasteiger partial charge in [0.05, 0.1) is 6.54 Å². The van der Waals surface area contributed by atoms with Gasteiger partial charge in [-0.1, -0.05) is 17.7 Å². The summed E-state index contributed by atoms with van der Waals surface area (Å²) >= 11 is 1.43. The van der Waals surface area contributed by atoms with Crippen molar-refractivity contribution in [3.63, 3.8) is 0 Å². The highest BCUT2D eigenvalue weighted by Gasteiger charge is 2.14. The van der Waals surface area contributed by atoms with E-state index in [0.717, 1.165) is 16.1 Å². The molecule has 0 saturated carbocycles. The highest BCUT2D eigenvalue weighted by molar-refractivity contribution is 7.12. The van der Waals surface area contributed by atoms with E-state index in [1.54, 1.807) is 6.26 Å². The second-order valence-corrected chi connectivity index (χ2v) is 6.67. The molecule has 0 amide bonds. The minimum atomic E-state index is -0.307. The maximum atomic E-state index is 12.4. The fourth-order valence-corrected chi connectivity index (χ4v) is 3.28. The van der Waals surface area contributed by atoms with Gasteiger partial charge in [0, 0.05) is 5.56 Å². The summed E-state index contributed by atoms with van der Waals surface area (Å²) < 4.78 is 8.12. The third-order valence-corrected chi connectivity index (χ3v) is 4.67. The van der Waals surface area contributed by atoms with Gasteiger partial charge >= 0.3 is 5.69 Å². The zero-order valence-corrected chi connectivity index (χ0v) is 14.5. The van der Waals surface area contributed by atoms with Crippen molar-refractivity contribution in [2.75, 3.05) is 0 Å². The molecular formula is C17H15N5O2S. The van der Waals surface area contributed by atoms with Crippen molar-refractivity contribution in [2.24, 2.45) is 0 Å². The van der Waals surface area contributed by atoms with Gasteiger partial charge in [-0.3, -0.25) is 0 Å². The third-order valence-electron chi connectivity index (χ3n) is 3.83. The molecule has 0 radical (unpaired) electrons. The Hall–Kier alpha value is -3.00. The molecule has 7 nitrogen and oxygen atoms in total. The number of nitrogens with zero attached hydrogens (tertiary/aromatic N) is 5. The van der Waals surface area contributed by atoms with Gasteiger partial charge in [0.15, 0.2) is 0 Å². The molecule has 0 aliphatic carbocycles. The summed E-state index contributed by atoms with van der Waals surface area (Å²) in [6, 6.07) is 9.76. The Labute approximate surface area is 147 Å². The van der Waals surface area contributed by atoms with Gasteiger partial charge in [0.1, 0.15) is 17.0 Å². The van der Waals surface area contributed by atoms with E-state index in [9.17, 15) is 4.79 Å². The van der Waals surface area contributed by atoms with Crippen LogP contribution >= 0.6 is 11.3 Å². The molecule has 0 atom stereocenters. The largest absolute Gasteiger partial charge is 0.444 e. The molecule has 4 aromatic rings. The van der Waals surface area contributed by atoms with Crippen LogP contribution in [0.25, 0.3) is 16.5 Å². The lowest BCUT2D eigenvalue weighted by atomic mass is 10.1. The predicted molar refractivity (Wildman–Crippen MR) is 94.0 cm³/mol. The van der Waals surface area contributed by atoms with Gasteiger partial charge in [-0.15, -0.1) is 11.3 Å². The lowest BCUT2D eigenvalue weighted by Crippen LogP contribution is -2.24. The standard InChI is InChI=1S/C17H15N5O2S/c1-11-5-6-14(12(2)8-11)16-18-13(10-24-16)9-21-17(23)22(20-19-21)15-4-3-7-25-15/h3-8,10H,9H2,1-2H3. The molecule has 0 fully saturated rings. The highest BCUT2D eigenvalue weighted by Crippen LogP contribution is 2.23. The monoisotopic (exact) mass is 353 g/mol. The van der Waals surface area contributed by atoms with E-state index in [-0.39, 0.29) is 12.2 Å². The zero-order chi connectivity index (χ0) is 17.4. The third kappa shape index (κ3) is 2.91. The maximum Gasteiger partial charge on any atom is 0.369 e. The quantitative estimate of drug-likeness (QED) is 0.564. The number of thiophene rings is 1. The number of aromatic nitrogens is 5. The normalized spacial score (nSPS) is 11.1. The molecular weight excluding hydrogens is 338 g/mol. The molecule has 126 valence electrons. The molecule has 1 aromatic carbocycles. The molecule has 0 saturated heterocycles. The average molecular weight is 353 g/mol. The van der Waals surface area contributed by atoms with Crippen LogP contribution in [-0.2, 0) is 6.54 Å². The Balaban J connectivity index is 1.61. The molecule has 0 N–H and O–H groups in total. The molecule has 0 bridgehead atoms. The van der Waals surface area contributed by atoms with Gasteiger partial charge in [0.25, 0.3) is 0 Å². The first-order chi connectivity index (χ1) is 12.1.